The molecule has 0 bridgehead atoms. The molecule has 0 aliphatic rings. The van der Waals surface area contributed by atoms with Gasteiger partial charge in [-0.15, -0.1) is 12.3 Å². The lowest BCUT2D eigenvalue weighted by Gasteiger charge is -2.15. The molecule has 0 radical (unpaired) electrons. The first-order valence-corrected chi connectivity index (χ1v) is 2.53. The van der Waals surface area contributed by atoms with Crippen LogP contribution in [0.5, 0.6) is 0 Å². The third-order valence-electron chi connectivity index (χ3n) is 1.03. The highest BCUT2D eigenvalue weighted by molar-refractivity contribution is 5.84. The Balaban J connectivity index is 4.06. The van der Waals surface area contributed by atoms with E-state index < -0.39 is 11.4 Å². The van der Waals surface area contributed by atoms with Gasteiger partial charge in [-0.1, -0.05) is 0 Å². The lowest BCUT2D eigenvalue weighted by molar-refractivity contribution is -0.122. The minimum absolute atomic E-state index is 0.183. The molecule has 1 unspecified atom stereocenters. The van der Waals surface area contributed by atoms with E-state index in [1.165, 1.54) is 6.92 Å². The van der Waals surface area contributed by atoms with E-state index in [1.54, 1.807) is 0 Å². The molecule has 0 saturated carbocycles. The lowest BCUT2D eigenvalue weighted by Crippen LogP contribution is -2.48. The monoisotopic (exact) mass is 126 g/mol. The van der Waals surface area contributed by atoms with E-state index in [1.807, 2.05) is 0 Å². The first-order chi connectivity index (χ1) is 4.00. The van der Waals surface area contributed by atoms with Gasteiger partial charge in [-0.05, 0) is 6.92 Å². The number of carbonyl (C=O) groups excluding carboxylic acids is 1. The van der Waals surface area contributed by atoms with Gasteiger partial charge in [-0.2, -0.15) is 0 Å². The highest BCUT2D eigenvalue weighted by Crippen LogP contribution is 2.01. The summed E-state index contributed by atoms with van der Waals surface area (Å²) in [7, 11) is 0. The number of nitrogens with two attached hydrogens (primary N) is 2. The van der Waals surface area contributed by atoms with Gasteiger partial charge >= 0.3 is 0 Å². The molecule has 0 spiro atoms. The van der Waals surface area contributed by atoms with Gasteiger partial charge in [0.05, 0.1) is 0 Å². The van der Waals surface area contributed by atoms with Gasteiger partial charge in [0.1, 0.15) is 5.54 Å². The number of amides is 1. The average molecular weight is 126 g/mol. The van der Waals surface area contributed by atoms with Crippen molar-refractivity contribution in [1.29, 1.82) is 0 Å². The van der Waals surface area contributed by atoms with Crippen LogP contribution in [0.15, 0.2) is 0 Å². The van der Waals surface area contributed by atoms with Crippen molar-refractivity contribution in [3.63, 3.8) is 0 Å². The summed E-state index contributed by atoms with van der Waals surface area (Å²) in [5.74, 6) is 1.69. The van der Waals surface area contributed by atoms with Crippen molar-refractivity contribution in [3.8, 4) is 12.3 Å². The fraction of sp³-hybridized carbons (Fsp3) is 0.500. The molecule has 0 heterocycles. The Hall–Kier alpha value is -1.01. The molecule has 0 fully saturated rings. The van der Waals surface area contributed by atoms with Gasteiger partial charge in [0.2, 0.25) is 5.91 Å². The maximum atomic E-state index is 10.4. The molecule has 0 saturated heterocycles. The smallest absolute Gasteiger partial charge is 0.238 e. The highest BCUT2D eigenvalue weighted by atomic mass is 16.1. The quantitative estimate of drug-likeness (QED) is 0.476. The minimum atomic E-state index is -1.05. The zero-order valence-electron chi connectivity index (χ0n) is 5.35. The second-order valence-corrected chi connectivity index (χ2v) is 2.16. The SMILES string of the molecule is C#CCC(C)(N)C(N)=O. The standard InChI is InChI=1S/C6H10N2O/c1-3-4-6(2,8)5(7)9/h1H,4,8H2,2H3,(H2,7,9). The van der Waals surface area contributed by atoms with Gasteiger partial charge in [0, 0.05) is 6.42 Å². The third-order valence-corrected chi connectivity index (χ3v) is 1.03. The average Bonchev–Trinajstić information content (AvgIpc) is 1.65. The summed E-state index contributed by atoms with van der Waals surface area (Å²) in [6.45, 7) is 1.51. The second kappa shape index (κ2) is 2.51. The Morgan fingerprint density at radius 3 is 2.44 bits per heavy atom. The van der Waals surface area contributed by atoms with Crippen LogP contribution in [0, 0.1) is 12.3 Å². The zero-order valence-corrected chi connectivity index (χ0v) is 5.35. The van der Waals surface area contributed by atoms with Crippen molar-refractivity contribution >= 4 is 5.91 Å². The first kappa shape index (κ1) is 7.99. The summed E-state index contributed by atoms with van der Waals surface area (Å²) in [5.41, 5.74) is 9.20. The molecule has 50 valence electrons. The molecule has 0 aromatic heterocycles. The molecule has 1 amide bonds. The number of hydrogen-bond donors (Lipinski definition) is 2. The molecule has 3 heteroatoms. The summed E-state index contributed by atoms with van der Waals surface area (Å²) < 4.78 is 0. The summed E-state index contributed by atoms with van der Waals surface area (Å²) in [5, 5.41) is 0. The molecule has 3 nitrogen and oxygen atoms in total. The molecule has 0 rings (SSSR count). The Morgan fingerprint density at radius 1 is 1.89 bits per heavy atom. The van der Waals surface area contributed by atoms with Gasteiger partial charge in [-0.25, -0.2) is 0 Å². The van der Waals surface area contributed by atoms with Crippen LogP contribution in [-0.4, -0.2) is 11.4 Å². The molecule has 9 heavy (non-hydrogen) atoms. The largest absolute Gasteiger partial charge is 0.368 e. The molecular weight excluding hydrogens is 116 g/mol. The van der Waals surface area contributed by atoms with Gasteiger partial charge < -0.3 is 11.5 Å². The minimum Gasteiger partial charge on any atom is -0.368 e. The van der Waals surface area contributed by atoms with Crippen LogP contribution in [0.3, 0.4) is 0 Å². The van der Waals surface area contributed by atoms with E-state index in [9.17, 15) is 4.79 Å². The van der Waals surface area contributed by atoms with Crippen molar-refractivity contribution < 1.29 is 4.79 Å². The zero-order chi connectivity index (χ0) is 7.49. The van der Waals surface area contributed by atoms with E-state index in [2.05, 4.69) is 5.92 Å². The van der Waals surface area contributed by atoms with Crippen LogP contribution in [-0.2, 0) is 4.79 Å². The van der Waals surface area contributed by atoms with Crippen molar-refractivity contribution in [2.75, 3.05) is 0 Å². The Morgan fingerprint density at radius 2 is 2.33 bits per heavy atom. The molecule has 0 aromatic carbocycles. The third kappa shape index (κ3) is 2.15. The highest BCUT2D eigenvalue weighted by Gasteiger charge is 2.23. The van der Waals surface area contributed by atoms with Crippen molar-refractivity contribution in [3.05, 3.63) is 0 Å². The molecule has 0 aromatic rings. The Labute approximate surface area is 54.4 Å². The molecule has 4 N–H and O–H groups in total. The van der Waals surface area contributed by atoms with Gasteiger partial charge in [-0.3, -0.25) is 4.79 Å². The predicted molar refractivity (Wildman–Crippen MR) is 35.2 cm³/mol. The van der Waals surface area contributed by atoms with E-state index in [0.717, 1.165) is 0 Å². The van der Waals surface area contributed by atoms with Crippen molar-refractivity contribution in [1.82, 2.24) is 0 Å². The second-order valence-electron chi connectivity index (χ2n) is 2.16. The van der Waals surface area contributed by atoms with Gasteiger partial charge in [0.25, 0.3) is 0 Å². The van der Waals surface area contributed by atoms with Crippen LogP contribution >= 0.6 is 0 Å². The Bertz CT molecular complexity index is 155. The lowest BCUT2D eigenvalue weighted by atomic mass is 10.00. The van der Waals surface area contributed by atoms with E-state index in [0.29, 0.717) is 0 Å². The topological polar surface area (TPSA) is 69.1 Å². The van der Waals surface area contributed by atoms with Gasteiger partial charge in [0.15, 0.2) is 0 Å². The number of primary amides is 1. The fourth-order valence-corrected chi connectivity index (χ4v) is 0.299. The number of rotatable bonds is 2. The number of carbonyl (C=O) groups is 1. The maximum Gasteiger partial charge on any atom is 0.238 e. The van der Waals surface area contributed by atoms with E-state index >= 15 is 0 Å². The van der Waals surface area contributed by atoms with E-state index in [4.69, 9.17) is 17.9 Å². The molecular formula is C6H10N2O. The summed E-state index contributed by atoms with van der Waals surface area (Å²) >= 11 is 0. The van der Waals surface area contributed by atoms with Crippen LogP contribution in [0.2, 0.25) is 0 Å². The number of hydrogen-bond acceptors (Lipinski definition) is 2. The molecule has 0 aliphatic heterocycles. The molecule has 1 atom stereocenters. The van der Waals surface area contributed by atoms with Crippen LogP contribution < -0.4 is 11.5 Å². The van der Waals surface area contributed by atoms with Crippen molar-refractivity contribution in [2.45, 2.75) is 18.9 Å². The van der Waals surface area contributed by atoms with Crippen LogP contribution in [0.4, 0.5) is 0 Å². The van der Waals surface area contributed by atoms with Crippen molar-refractivity contribution in [2.24, 2.45) is 11.5 Å². The summed E-state index contributed by atoms with van der Waals surface area (Å²) in [6, 6.07) is 0. The normalized spacial score (nSPS) is 15.7. The maximum absolute atomic E-state index is 10.4. The number of terminal acetylenes is 1. The molecule has 0 aliphatic carbocycles. The summed E-state index contributed by atoms with van der Waals surface area (Å²) in [6.07, 6.45) is 5.10. The fourth-order valence-electron chi connectivity index (χ4n) is 0.299. The van der Waals surface area contributed by atoms with E-state index in [-0.39, 0.29) is 6.42 Å². The predicted octanol–water partition coefficient (Wildman–Crippen LogP) is -0.788. The first-order valence-electron chi connectivity index (χ1n) is 2.53. The van der Waals surface area contributed by atoms with Crippen LogP contribution in [0.1, 0.15) is 13.3 Å². The Kier molecular flexibility index (Phi) is 2.23. The summed E-state index contributed by atoms with van der Waals surface area (Å²) in [4.78, 5) is 10.4. The van der Waals surface area contributed by atoms with Crippen LogP contribution in [0.25, 0.3) is 0 Å².